The molecular formula is C12H12O2. The van der Waals surface area contributed by atoms with Gasteiger partial charge in [-0.1, -0.05) is 36.9 Å². The van der Waals surface area contributed by atoms with E-state index in [1.807, 2.05) is 18.2 Å². The summed E-state index contributed by atoms with van der Waals surface area (Å²) < 4.78 is 0. The first-order chi connectivity index (χ1) is 6.67. The van der Waals surface area contributed by atoms with Crippen molar-refractivity contribution in [3.63, 3.8) is 0 Å². The van der Waals surface area contributed by atoms with Crippen LogP contribution in [0.5, 0.6) is 0 Å². The van der Waals surface area contributed by atoms with Gasteiger partial charge in [0.05, 0.1) is 0 Å². The van der Waals surface area contributed by atoms with Crippen LogP contribution in [0.3, 0.4) is 0 Å². The van der Waals surface area contributed by atoms with Crippen LogP contribution < -0.4 is 0 Å². The third-order valence-corrected chi connectivity index (χ3v) is 2.77. The summed E-state index contributed by atoms with van der Waals surface area (Å²) in [6.45, 7) is 3.51. The van der Waals surface area contributed by atoms with Crippen molar-refractivity contribution in [3.05, 3.63) is 48.0 Å². The highest BCUT2D eigenvalue weighted by Crippen LogP contribution is 2.29. The monoisotopic (exact) mass is 188 g/mol. The molecule has 0 fully saturated rings. The summed E-state index contributed by atoms with van der Waals surface area (Å²) in [5.41, 5.74) is 0.291. The number of hydrogen-bond donors (Lipinski definition) is 1. The smallest absolute Gasteiger partial charge is 0.198 e. The summed E-state index contributed by atoms with van der Waals surface area (Å²) >= 11 is 0. The quantitative estimate of drug-likeness (QED) is 0.681. The number of carbonyl (C=O) groups excluding carboxylic acids is 1. The van der Waals surface area contributed by atoms with Crippen LogP contribution in [0.15, 0.2) is 36.9 Å². The molecule has 1 aromatic carbocycles. The summed E-state index contributed by atoms with van der Waals surface area (Å²) in [7, 11) is 0. The lowest BCUT2D eigenvalue weighted by Crippen LogP contribution is -2.40. The van der Waals surface area contributed by atoms with Gasteiger partial charge in [0, 0.05) is 5.56 Å². The maximum absolute atomic E-state index is 11.8. The summed E-state index contributed by atoms with van der Waals surface area (Å²) in [4.78, 5) is 11.8. The molecule has 0 spiro atoms. The molecule has 1 aromatic rings. The second-order valence-corrected chi connectivity index (χ2v) is 3.61. The molecule has 1 aliphatic rings. The molecule has 0 aliphatic heterocycles. The minimum Gasteiger partial charge on any atom is -0.378 e. The largest absolute Gasteiger partial charge is 0.378 e. The van der Waals surface area contributed by atoms with Crippen LogP contribution in [0.2, 0.25) is 0 Å². The molecule has 0 bridgehead atoms. The molecule has 0 heterocycles. The molecular weight excluding hydrogens is 176 g/mol. The number of rotatable bonds is 1. The van der Waals surface area contributed by atoms with E-state index in [9.17, 15) is 9.90 Å². The Hall–Kier alpha value is -1.41. The number of fused-ring (bicyclic) bond motifs is 1. The van der Waals surface area contributed by atoms with Crippen LogP contribution in [-0.4, -0.2) is 16.5 Å². The van der Waals surface area contributed by atoms with Crippen molar-refractivity contribution < 1.29 is 9.90 Å². The fraction of sp³-hybridized carbons (Fsp3) is 0.250. The van der Waals surface area contributed by atoms with Gasteiger partial charge in [-0.25, -0.2) is 0 Å². The van der Waals surface area contributed by atoms with E-state index in [0.29, 0.717) is 12.0 Å². The lowest BCUT2D eigenvalue weighted by molar-refractivity contribution is 0.0472. The second-order valence-electron chi connectivity index (χ2n) is 3.61. The fourth-order valence-corrected chi connectivity index (χ4v) is 1.83. The maximum atomic E-state index is 11.8. The predicted octanol–water partition coefficient (Wildman–Crippen LogP) is 1.73. The van der Waals surface area contributed by atoms with Crippen molar-refractivity contribution in [2.45, 2.75) is 18.4 Å². The van der Waals surface area contributed by atoms with Crippen molar-refractivity contribution in [3.8, 4) is 0 Å². The molecule has 2 nitrogen and oxygen atoms in total. The third kappa shape index (κ3) is 1.19. The van der Waals surface area contributed by atoms with Gasteiger partial charge in [0.1, 0.15) is 5.60 Å². The van der Waals surface area contributed by atoms with Crippen molar-refractivity contribution in [1.82, 2.24) is 0 Å². The fourth-order valence-electron chi connectivity index (χ4n) is 1.83. The number of hydrogen-bond acceptors (Lipinski definition) is 2. The first-order valence-electron chi connectivity index (χ1n) is 4.66. The number of Topliss-reactive ketones (excluding diaryl/α,β-unsaturated/α-hetero) is 1. The summed E-state index contributed by atoms with van der Waals surface area (Å²) in [6.07, 6.45) is 2.50. The number of aryl methyl sites for hydroxylation is 1. The average Bonchev–Trinajstić information content (AvgIpc) is 2.24. The Morgan fingerprint density at radius 2 is 2.14 bits per heavy atom. The van der Waals surface area contributed by atoms with Gasteiger partial charge in [0.2, 0.25) is 0 Å². The summed E-state index contributed by atoms with van der Waals surface area (Å²) in [5, 5.41) is 9.93. The highest BCUT2D eigenvalue weighted by atomic mass is 16.3. The first kappa shape index (κ1) is 9.16. The van der Waals surface area contributed by atoms with Crippen LogP contribution >= 0.6 is 0 Å². The summed E-state index contributed by atoms with van der Waals surface area (Å²) in [5.74, 6) is -0.227. The van der Waals surface area contributed by atoms with Crippen LogP contribution in [0.1, 0.15) is 22.3 Å². The molecule has 0 saturated carbocycles. The van der Waals surface area contributed by atoms with Crippen molar-refractivity contribution in [1.29, 1.82) is 0 Å². The van der Waals surface area contributed by atoms with Gasteiger partial charge >= 0.3 is 0 Å². The Bertz CT molecular complexity index is 395. The predicted molar refractivity (Wildman–Crippen MR) is 54.2 cm³/mol. The molecule has 0 saturated heterocycles. The Labute approximate surface area is 82.9 Å². The van der Waals surface area contributed by atoms with Crippen LogP contribution in [0, 0.1) is 0 Å². The Morgan fingerprint density at radius 1 is 1.43 bits per heavy atom. The van der Waals surface area contributed by atoms with E-state index in [0.717, 1.165) is 12.0 Å². The molecule has 0 radical (unpaired) electrons. The van der Waals surface area contributed by atoms with Gasteiger partial charge in [-0.05, 0) is 18.4 Å². The number of ketones is 1. The van der Waals surface area contributed by atoms with Crippen molar-refractivity contribution >= 4 is 5.78 Å². The van der Waals surface area contributed by atoms with E-state index in [4.69, 9.17) is 0 Å². The second kappa shape index (κ2) is 3.07. The topological polar surface area (TPSA) is 37.3 Å². The van der Waals surface area contributed by atoms with E-state index >= 15 is 0 Å². The molecule has 0 aromatic heterocycles. The minimum absolute atomic E-state index is 0.227. The van der Waals surface area contributed by atoms with Gasteiger partial charge < -0.3 is 5.11 Å². The molecule has 1 N–H and O–H groups in total. The SMILES string of the molecule is C=CC1(O)CCc2ccccc2C1=O. The van der Waals surface area contributed by atoms with Gasteiger partial charge in [0.15, 0.2) is 5.78 Å². The van der Waals surface area contributed by atoms with Gasteiger partial charge in [0.25, 0.3) is 0 Å². The summed E-state index contributed by atoms with van der Waals surface area (Å²) in [6, 6.07) is 7.40. The zero-order chi connectivity index (χ0) is 10.2. The van der Waals surface area contributed by atoms with Gasteiger partial charge in [-0.2, -0.15) is 0 Å². The van der Waals surface area contributed by atoms with E-state index in [1.165, 1.54) is 6.08 Å². The molecule has 1 atom stereocenters. The molecule has 72 valence electrons. The maximum Gasteiger partial charge on any atom is 0.198 e. The molecule has 1 aliphatic carbocycles. The lowest BCUT2D eigenvalue weighted by Gasteiger charge is -2.28. The zero-order valence-electron chi connectivity index (χ0n) is 7.86. The van der Waals surface area contributed by atoms with Gasteiger partial charge in [-0.15, -0.1) is 0 Å². The van der Waals surface area contributed by atoms with E-state index in [-0.39, 0.29) is 5.78 Å². The van der Waals surface area contributed by atoms with E-state index < -0.39 is 5.60 Å². The molecule has 0 amide bonds. The highest BCUT2D eigenvalue weighted by molar-refractivity contribution is 6.05. The van der Waals surface area contributed by atoms with Crippen LogP contribution in [0.4, 0.5) is 0 Å². The van der Waals surface area contributed by atoms with Crippen LogP contribution in [0.25, 0.3) is 0 Å². The molecule has 14 heavy (non-hydrogen) atoms. The van der Waals surface area contributed by atoms with Crippen LogP contribution in [-0.2, 0) is 6.42 Å². The van der Waals surface area contributed by atoms with E-state index in [2.05, 4.69) is 6.58 Å². The molecule has 2 rings (SSSR count). The normalized spacial score (nSPS) is 25.6. The number of carbonyl (C=O) groups is 1. The first-order valence-corrected chi connectivity index (χ1v) is 4.66. The highest BCUT2D eigenvalue weighted by Gasteiger charge is 2.37. The molecule has 1 unspecified atom stereocenters. The third-order valence-electron chi connectivity index (χ3n) is 2.77. The van der Waals surface area contributed by atoms with Crippen molar-refractivity contribution in [2.75, 3.05) is 0 Å². The van der Waals surface area contributed by atoms with Gasteiger partial charge in [-0.3, -0.25) is 4.79 Å². The van der Waals surface area contributed by atoms with E-state index in [1.54, 1.807) is 6.07 Å². The Balaban J connectivity index is 2.51. The zero-order valence-corrected chi connectivity index (χ0v) is 7.86. The Kier molecular flexibility index (Phi) is 2.01. The number of aliphatic hydroxyl groups is 1. The lowest BCUT2D eigenvalue weighted by atomic mass is 9.79. The molecule has 2 heteroatoms. The average molecular weight is 188 g/mol. The Morgan fingerprint density at radius 3 is 2.86 bits per heavy atom. The van der Waals surface area contributed by atoms with Crippen molar-refractivity contribution in [2.24, 2.45) is 0 Å². The standard InChI is InChI=1S/C12H12O2/c1-2-12(14)8-7-9-5-3-4-6-10(9)11(12)13/h2-6,14H,1,7-8H2. The number of benzene rings is 1. The minimum atomic E-state index is -1.35.